The smallest absolute Gasteiger partial charge is 0.173 e. The van der Waals surface area contributed by atoms with Crippen molar-refractivity contribution in [1.29, 1.82) is 0 Å². The number of terminal acetylenes is 1. The lowest BCUT2D eigenvalue weighted by atomic mass is 10.2. The van der Waals surface area contributed by atoms with Crippen LogP contribution in [0.2, 0.25) is 0 Å². The zero-order valence-corrected chi connectivity index (χ0v) is 13.1. The third-order valence-electron chi connectivity index (χ3n) is 2.82. The lowest BCUT2D eigenvalue weighted by Crippen LogP contribution is -2.29. The molecule has 1 aromatic rings. The van der Waals surface area contributed by atoms with E-state index in [4.69, 9.17) is 11.2 Å². The van der Waals surface area contributed by atoms with Gasteiger partial charge in [-0.05, 0) is 18.2 Å². The lowest BCUT2D eigenvalue weighted by molar-refractivity contribution is 0.364. The van der Waals surface area contributed by atoms with E-state index in [9.17, 15) is 8.42 Å². The van der Waals surface area contributed by atoms with Crippen LogP contribution in [0.3, 0.4) is 0 Å². The van der Waals surface area contributed by atoms with E-state index in [1.807, 2.05) is 18.2 Å². The van der Waals surface area contributed by atoms with Crippen molar-refractivity contribution in [1.82, 2.24) is 5.32 Å². The fourth-order valence-electron chi connectivity index (χ4n) is 1.89. The minimum Gasteiger partial charge on any atom is -0.481 e. The Morgan fingerprint density at radius 2 is 2.30 bits per heavy atom. The van der Waals surface area contributed by atoms with E-state index in [0.717, 1.165) is 10.0 Å². The summed E-state index contributed by atoms with van der Waals surface area (Å²) in [5.74, 6) is 3.22. The fourth-order valence-corrected chi connectivity index (χ4v) is 3.57. The fraction of sp³-hybridized carbons (Fsp3) is 0.286. The van der Waals surface area contributed by atoms with E-state index in [1.165, 1.54) is 5.41 Å². The first-order valence-electron chi connectivity index (χ1n) is 5.99. The Labute approximate surface area is 127 Å². The minimum absolute atomic E-state index is 0.0988. The lowest BCUT2D eigenvalue weighted by Gasteiger charge is -2.13. The molecule has 1 atom stereocenters. The Balaban J connectivity index is 2.03. The highest BCUT2D eigenvalue weighted by Gasteiger charge is 2.21. The molecule has 4 nitrogen and oxygen atoms in total. The molecule has 0 amide bonds. The molecular formula is C14H14BrNO3S. The molecule has 2 rings (SSSR count). The van der Waals surface area contributed by atoms with Gasteiger partial charge in [0.25, 0.3) is 0 Å². The normalized spacial score (nSPS) is 19.7. The molecule has 0 aliphatic carbocycles. The van der Waals surface area contributed by atoms with Gasteiger partial charge in [0.2, 0.25) is 0 Å². The molecule has 1 N–H and O–H groups in total. The summed E-state index contributed by atoms with van der Waals surface area (Å²) in [6.07, 6.45) is 6.85. The van der Waals surface area contributed by atoms with Crippen LogP contribution in [0.15, 0.2) is 34.2 Å². The zero-order chi connectivity index (χ0) is 14.6. The molecule has 0 saturated carbocycles. The average molecular weight is 356 g/mol. The van der Waals surface area contributed by atoms with Crippen LogP contribution in [-0.4, -0.2) is 26.8 Å². The SMILES string of the molecule is C#CCOc1ccc(Br)cc1CNC1C=CS(=O)(=O)C1. The Morgan fingerprint density at radius 3 is 2.95 bits per heavy atom. The Morgan fingerprint density at radius 1 is 1.50 bits per heavy atom. The van der Waals surface area contributed by atoms with Crippen LogP contribution in [0.1, 0.15) is 5.56 Å². The summed E-state index contributed by atoms with van der Waals surface area (Å²) in [6, 6.07) is 5.46. The van der Waals surface area contributed by atoms with E-state index in [0.29, 0.717) is 12.3 Å². The predicted molar refractivity (Wildman–Crippen MR) is 82.0 cm³/mol. The number of sulfone groups is 1. The first-order valence-corrected chi connectivity index (χ1v) is 8.50. The van der Waals surface area contributed by atoms with Gasteiger partial charge in [-0.25, -0.2) is 8.42 Å². The topological polar surface area (TPSA) is 55.4 Å². The van der Waals surface area contributed by atoms with Gasteiger partial charge in [0.1, 0.15) is 12.4 Å². The average Bonchev–Trinajstić information content (AvgIpc) is 2.75. The van der Waals surface area contributed by atoms with Crippen LogP contribution >= 0.6 is 15.9 Å². The molecule has 0 bridgehead atoms. The maximum Gasteiger partial charge on any atom is 0.173 e. The van der Waals surface area contributed by atoms with Crippen molar-refractivity contribution >= 4 is 25.8 Å². The van der Waals surface area contributed by atoms with Gasteiger partial charge in [0.05, 0.1) is 5.75 Å². The monoisotopic (exact) mass is 355 g/mol. The number of nitrogens with one attached hydrogen (secondary N) is 1. The van der Waals surface area contributed by atoms with Crippen LogP contribution in [0.5, 0.6) is 5.75 Å². The second-order valence-corrected chi connectivity index (χ2v) is 7.24. The Bertz CT molecular complexity index is 661. The van der Waals surface area contributed by atoms with Crippen LogP contribution in [0.25, 0.3) is 0 Å². The van der Waals surface area contributed by atoms with Gasteiger partial charge in [-0.2, -0.15) is 0 Å². The van der Waals surface area contributed by atoms with Gasteiger partial charge in [0, 0.05) is 28.0 Å². The van der Waals surface area contributed by atoms with Gasteiger partial charge >= 0.3 is 0 Å². The summed E-state index contributed by atoms with van der Waals surface area (Å²) in [5.41, 5.74) is 0.923. The number of benzene rings is 1. The highest BCUT2D eigenvalue weighted by Crippen LogP contribution is 2.23. The minimum atomic E-state index is -3.04. The van der Waals surface area contributed by atoms with E-state index >= 15 is 0 Å². The van der Waals surface area contributed by atoms with Crippen LogP contribution < -0.4 is 10.1 Å². The van der Waals surface area contributed by atoms with Gasteiger partial charge < -0.3 is 10.1 Å². The largest absolute Gasteiger partial charge is 0.481 e. The van der Waals surface area contributed by atoms with Crippen molar-refractivity contribution < 1.29 is 13.2 Å². The first-order chi connectivity index (χ1) is 9.50. The molecule has 0 radical (unpaired) electrons. The molecule has 20 heavy (non-hydrogen) atoms. The maximum atomic E-state index is 11.3. The molecule has 106 valence electrons. The van der Waals surface area contributed by atoms with Crippen molar-refractivity contribution in [2.24, 2.45) is 0 Å². The summed E-state index contributed by atoms with van der Waals surface area (Å²) in [4.78, 5) is 0. The number of rotatable bonds is 5. The molecule has 0 fully saturated rings. The van der Waals surface area contributed by atoms with Gasteiger partial charge in [-0.15, -0.1) is 6.42 Å². The van der Waals surface area contributed by atoms with E-state index in [1.54, 1.807) is 6.08 Å². The standard InChI is InChI=1S/C14H14BrNO3S/c1-2-6-19-14-4-3-12(15)8-11(14)9-16-13-5-7-20(17,18)10-13/h1,3-5,7-8,13,16H,6,9-10H2. The first kappa shape index (κ1) is 15.1. The third kappa shape index (κ3) is 4.10. The molecule has 0 aromatic heterocycles. The second kappa shape index (κ2) is 6.44. The Kier molecular flexibility index (Phi) is 4.86. The molecular weight excluding hydrogens is 342 g/mol. The molecule has 1 unspecified atom stereocenters. The van der Waals surface area contributed by atoms with Crippen molar-refractivity contribution in [2.75, 3.05) is 12.4 Å². The third-order valence-corrected chi connectivity index (χ3v) is 4.71. The van der Waals surface area contributed by atoms with E-state index in [-0.39, 0.29) is 18.4 Å². The molecule has 1 aromatic carbocycles. The molecule has 0 saturated heterocycles. The van der Waals surface area contributed by atoms with Crippen molar-refractivity contribution in [3.05, 3.63) is 39.7 Å². The number of hydrogen-bond donors (Lipinski definition) is 1. The highest BCUT2D eigenvalue weighted by atomic mass is 79.9. The van der Waals surface area contributed by atoms with E-state index < -0.39 is 9.84 Å². The van der Waals surface area contributed by atoms with Gasteiger partial charge in [-0.3, -0.25) is 0 Å². The summed E-state index contributed by atoms with van der Waals surface area (Å²) in [6.45, 7) is 0.705. The summed E-state index contributed by atoms with van der Waals surface area (Å²) < 4.78 is 29.1. The van der Waals surface area contributed by atoms with Crippen LogP contribution in [0.4, 0.5) is 0 Å². The second-order valence-electron chi connectivity index (χ2n) is 4.39. The van der Waals surface area contributed by atoms with Crippen molar-refractivity contribution in [2.45, 2.75) is 12.6 Å². The molecule has 1 aliphatic rings. The quantitative estimate of drug-likeness (QED) is 0.819. The Hall–Kier alpha value is -1.29. The highest BCUT2D eigenvalue weighted by molar-refractivity contribution is 9.10. The van der Waals surface area contributed by atoms with Gasteiger partial charge in [-0.1, -0.05) is 27.9 Å². The van der Waals surface area contributed by atoms with Crippen molar-refractivity contribution in [3.8, 4) is 18.1 Å². The summed E-state index contributed by atoms with van der Waals surface area (Å²) in [5, 5.41) is 4.43. The van der Waals surface area contributed by atoms with Crippen molar-refractivity contribution in [3.63, 3.8) is 0 Å². The molecule has 1 aliphatic heterocycles. The number of ether oxygens (including phenoxy) is 1. The predicted octanol–water partition coefficient (Wildman–Crippen LogP) is 1.86. The zero-order valence-electron chi connectivity index (χ0n) is 10.7. The maximum absolute atomic E-state index is 11.3. The number of hydrogen-bond acceptors (Lipinski definition) is 4. The molecule has 0 spiro atoms. The molecule has 6 heteroatoms. The van der Waals surface area contributed by atoms with E-state index in [2.05, 4.69) is 27.2 Å². The van der Waals surface area contributed by atoms with Crippen LogP contribution in [-0.2, 0) is 16.4 Å². The summed E-state index contributed by atoms with van der Waals surface area (Å²) >= 11 is 3.40. The molecule has 1 heterocycles. The summed E-state index contributed by atoms with van der Waals surface area (Å²) in [7, 11) is -3.04. The van der Waals surface area contributed by atoms with Crippen LogP contribution in [0, 0.1) is 12.3 Å². The number of halogens is 1. The van der Waals surface area contributed by atoms with Gasteiger partial charge in [0.15, 0.2) is 9.84 Å².